The molecule has 0 amide bonds. The van der Waals surface area contributed by atoms with Gasteiger partial charge < -0.3 is 15.0 Å². The Balaban J connectivity index is 1.72. The van der Waals surface area contributed by atoms with Crippen molar-refractivity contribution in [1.29, 1.82) is 0 Å². The number of ether oxygens (including phenoxy) is 1. The van der Waals surface area contributed by atoms with E-state index in [1.807, 2.05) is 36.1 Å². The van der Waals surface area contributed by atoms with Crippen LogP contribution in [0.25, 0.3) is 0 Å². The van der Waals surface area contributed by atoms with Gasteiger partial charge >= 0.3 is 0 Å². The molecule has 5 heteroatoms. The summed E-state index contributed by atoms with van der Waals surface area (Å²) in [6, 6.07) is 8.15. The highest BCUT2D eigenvalue weighted by Gasteiger charge is 2.04. The number of likely N-dealkylation sites (N-methyl/N-ethyl adjacent to an activating group) is 1. The Labute approximate surface area is 126 Å². The lowest BCUT2D eigenvalue weighted by molar-refractivity contribution is 0.228. The van der Waals surface area contributed by atoms with Crippen LogP contribution in [0.3, 0.4) is 0 Å². The van der Waals surface area contributed by atoms with E-state index >= 15 is 0 Å². The minimum atomic E-state index is 0.664. The molecule has 2 N–H and O–H groups in total. The first-order valence-corrected chi connectivity index (χ1v) is 7.25. The molecule has 114 valence electrons. The van der Waals surface area contributed by atoms with E-state index in [2.05, 4.69) is 29.1 Å². The van der Waals surface area contributed by atoms with Gasteiger partial charge in [-0.15, -0.1) is 0 Å². The molecule has 21 heavy (non-hydrogen) atoms. The summed E-state index contributed by atoms with van der Waals surface area (Å²) < 4.78 is 7.79. The number of aromatic nitrogens is 2. The zero-order valence-corrected chi connectivity index (χ0v) is 12.8. The van der Waals surface area contributed by atoms with E-state index in [4.69, 9.17) is 10.5 Å². The molecule has 0 saturated heterocycles. The summed E-state index contributed by atoms with van der Waals surface area (Å²) in [7, 11) is 4.08. The van der Waals surface area contributed by atoms with E-state index < -0.39 is 0 Å². The van der Waals surface area contributed by atoms with E-state index in [1.54, 1.807) is 0 Å². The number of hydrogen-bond acceptors (Lipinski definition) is 4. The second-order valence-electron chi connectivity index (χ2n) is 5.22. The lowest BCUT2D eigenvalue weighted by Gasteiger charge is -2.16. The number of rotatable bonds is 8. The van der Waals surface area contributed by atoms with Crippen molar-refractivity contribution in [2.45, 2.75) is 13.0 Å². The van der Waals surface area contributed by atoms with Gasteiger partial charge in [-0.25, -0.2) is 4.98 Å². The summed E-state index contributed by atoms with van der Waals surface area (Å²) in [4.78, 5) is 6.52. The Morgan fingerprint density at radius 3 is 2.67 bits per heavy atom. The average molecular weight is 288 g/mol. The molecule has 0 aliphatic heterocycles. The molecule has 1 aromatic carbocycles. The summed E-state index contributed by atoms with van der Waals surface area (Å²) in [5.74, 6) is 1.96. The van der Waals surface area contributed by atoms with Gasteiger partial charge in [-0.3, -0.25) is 4.90 Å². The minimum absolute atomic E-state index is 0.664. The zero-order valence-electron chi connectivity index (χ0n) is 12.8. The van der Waals surface area contributed by atoms with Crippen LogP contribution in [0.1, 0.15) is 11.4 Å². The van der Waals surface area contributed by atoms with Crippen molar-refractivity contribution in [1.82, 2.24) is 14.5 Å². The molecule has 0 spiro atoms. The van der Waals surface area contributed by atoms with Crippen molar-refractivity contribution in [2.24, 2.45) is 12.8 Å². The summed E-state index contributed by atoms with van der Waals surface area (Å²) in [5, 5.41) is 0. The number of hydrogen-bond donors (Lipinski definition) is 1. The van der Waals surface area contributed by atoms with Crippen LogP contribution in [-0.2, 0) is 20.0 Å². The molecule has 0 unspecified atom stereocenters. The minimum Gasteiger partial charge on any atom is -0.492 e. The number of nitrogens with two attached hydrogens (primary N) is 1. The Morgan fingerprint density at radius 2 is 2.05 bits per heavy atom. The lowest BCUT2D eigenvalue weighted by atomic mass is 10.1. The van der Waals surface area contributed by atoms with E-state index in [0.717, 1.165) is 31.1 Å². The van der Waals surface area contributed by atoms with Crippen molar-refractivity contribution >= 4 is 0 Å². The van der Waals surface area contributed by atoms with Crippen molar-refractivity contribution in [3.8, 4) is 5.75 Å². The predicted molar refractivity (Wildman–Crippen MR) is 84.2 cm³/mol. The summed E-state index contributed by atoms with van der Waals surface area (Å²) in [5.41, 5.74) is 6.78. The van der Waals surface area contributed by atoms with Crippen molar-refractivity contribution in [3.05, 3.63) is 48.0 Å². The third kappa shape index (κ3) is 4.88. The zero-order chi connectivity index (χ0) is 15.1. The molecule has 1 aromatic heterocycles. The molecule has 0 saturated carbocycles. The second kappa shape index (κ2) is 7.81. The standard InChI is InChI=1S/C16H24N4O/c1-19(13-16-18-9-10-20(16)2)11-12-21-15-5-3-14(4-6-15)7-8-17/h3-6,9-10H,7-8,11-13,17H2,1-2H3. The van der Waals surface area contributed by atoms with Gasteiger partial charge in [0.05, 0.1) is 6.54 Å². The molecule has 5 nitrogen and oxygen atoms in total. The van der Waals surface area contributed by atoms with Crippen LogP contribution in [0.2, 0.25) is 0 Å². The molecule has 1 heterocycles. The van der Waals surface area contributed by atoms with Gasteiger partial charge in [-0.2, -0.15) is 0 Å². The monoisotopic (exact) mass is 288 g/mol. The first-order chi connectivity index (χ1) is 10.2. The van der Waals surface area contributed by atoms with Crippen molar-refractivity contribution in [3.63, 3.8) is 0 Å². The summed E-state index contributed by atoms with van der Waals surface area (Å²) in [6.07, 6.45) is 4.69. The molecular formula is C16H24N4O. The highest BCUT2D eigenvalue weighted by molar-refractivity contribution is 5.27. The van der Waals surface area contributed by atoms with Gasteiger partial charge in [0.2, 0.25) is 0 Å². The van der Waals surface area contributed by atoms with E-state index in [9.17, 15) is 0 Å². The SMILES string of the molecule is CN(CCOc1ccc(CCN)cc1)Cc1nccn1C. The van der Waals surface area contributed by atoms with Crippen LogP contribution in [-0.4, -0.2) is 41.2 Å². The van der Waals surface area contributed by atoms with Crippen LogP contribution < -0.4 is 10.5 Å². The van der Waals surface area contributed by atoms with Crippen LogP contribution in [0.4, 0.5) is 0 Å². The van der Waals surface area contributed by atoms with Gasteiger partial charge in [-0.05, 0) is 37.7 Å². The summed E-state index contributed by atoms with van der Waals surface area (Å²) >= 11 is 0. The Morgan fingerprint density at radius 1 is 1.29 bits per heavy atom. The molecule has 2 aromatic rings. The highest BCUT2D eigenvalue weighted by Crippen LogP contribution is 2.12. The van der Waals surface area contributed by atoms with Gasteiger partial charge in [-0.1, -0.05) is 12.1 Å². The molecule has 0 aliphatic rings. The highest BCUT2D eigenvalue weighted by atomic mass is 16.5. The third-order valence-electron chi connectivity index (χ3n) is 3.43. The quantitative estimate of drug-likeness (QED) is 0.798. The van der Waals surface area contributed by atoms with Gasteiger partial charge in [0.1, 0.15) is 18.2 Å². The van der Waals surface area contributed by atoms with Crippen LogP contribution in [0.5, 0.6) is 5.75 Å². The van der Waals surface area contributed by atoms with Gasteiger partial charge in [0.15, 0.2) is 0 Å². The maximum Gasteiger partial charge on any atom is 0.122 e. The predicted octanol–water partition coefficient (Wildman–Crippen LogP) is 1.43. The fourth-order valence-electron chi connectivity index (χ4n) is 2.11. The van der Waals surface area contributed by atoms with Crippen molar-refractivity contribution in [2.75, 3.05) is 26.7 Å². The van der Waals surface area contributed by atoms with Crippen molar-refractivity contribution < 1.29 is 4.74 Å². The average Bonchev–Trinajstić information content (AvgIpc) is 2.86. The number of imidazole rings is 1. The van der Waals surface area contributed by atoms with Crippen LogP contribution in [0.15, 0.2) is 36.7 Å². The van der Waals surface area contributed by atoms with E-state index in [0.29, 0.717) is 13.2 Å². The molecule has 2 rings (SSSR count). The van der Waals surface area contributed by atoms with Crippen LogP contribution >= 0.6 is 0 Å². The molecule has 0 bridgehead atoms. The Bertz CT molecular complexity index is 535. The summed E-state index contributed by atoms with van der Waals surface area (Å²) in [6.45, 7) is 3.02. The fourth-order valence-corrected chi connectivity index (χ4v) is 2.11. The topological polar surface area (TPSA) is 56.3 Å². The normalized spacial score (nSPS) is 11.0. The molecule has 0 atom stereocenters. The molecule has 0 fully saturated rings. The molecular weight excluding hydrogens is 264 g/mol. The largest absolute Gasteiger partial charge is 0.492 e. The first-order valence-electron chi connectivity index (χ1n) is 7.25. The second-order valence-corrected chi connectivity index (χ2v) is 5.22. The first kappa shape index (κ1) is 15.5. The maximum atomic E-state index is 5.76. The Hall–Kier alpha value is -1.85. The number of benzene rings is 1. The van der Waals surface area contributed by atoms with Crippen LogP contribution in [0, 0.1) is 0 Å². The lowest BCUT2D eigenvalue weighted by Crippen LogP contribution is -2.25. The van der Waals surface area contributed by atoms with E-state index in [1.165, 1.54) is 5.56 Å². The number of nitrogens with zero attached hydrogens (tertiary/aromatic N) is 3. The smallest absolute Gasteiger partial charge is 0.122 e. The number of aryl methyl sites for hydroxylation is 1. The maximum absolute atomic E-state index is 5.76. The Kier molecular flexibility index (Phi) is 5.78. The van der Waals surface area contributed by atoms with Gasteiger partial charge in [0, 0.05) is 26.0 Å². The fraction of sp³-hybridized carbons (Fsp3) is 0.438. The molecule has 0 aliphatic carbocycles. The van der Waals surface area contributed by atoms with E-state index in [-0.39, 0.29) is 0 Å². The van der Waals surface area contributed by atoms with Gasteiger partial charge in [0.25, 0.3) is 0 Å². The third-order valence-corrected chi connectivity index (χ3v) is 3.43. The molecule has 0 radical (unpaired) electrons.